The summed E-state index contributed by atoms with van der Waals surface area (Å²) in [4.78, 5) is 21.3. The molecule has 2 N–H and O–H groups in total. The average molecular weight is 395 g/mol. The van der Waals surface area contributed by atoms with Crippen molar-refractivity contribution in [3.05, 3.63) is 41.6 Å². The number of rotatable bonds is 8. The van der Waals surface area contributed by atoms with Crippen molar-refractivity contribution in [2.45, 2.75) is 25.0 Å². The van der Waals surface area contributed by atoms with Gasteiger partial charge in [0.15, 0.2) is 10.8 Å². The number of hydrogen-bond acceptors (Lipinski definition) is 7. The van der Waals surface area contributed by atoms with Gasteiger partial charge in [-0.2, -0.15) is 10.4 Å². The van der Waals surface area contributed by atoms with Gasteiger partial charge >= 0.3 is 0 Å². The quantitative estimate of drug-likeness (QED) is 0.446. The van der Waals surface area contributed by atoms with Crippen LogP contribution in [0.4, 0.5) is 5.82 Å². The van der Waals surface area contributed by atoms with Crippen molar-refractivity contribution in [1.82, 2.24) is 25.1 Å². The monoisotopic (exact) mass is 395 g/mol. The summed E-state index contributed by atoms with van der Waals surface area (Å²) in [6.45, 7) is 3.82. The zero-order chi connectivity index (χ0) is 19.9. The van der Waals surface area contributed by atoms with Crippen LogP contribution in [0.2, 0.25) is 0 Å². The van der Waals surface area contributed by atoms with Crippen LogP contribution in [0.15, 0.2) is 35.6 Å². The van der Waals surface area contributed by atoms with Gasteiger partial charge in [-0.05, 0) is 36.9 Å². The van der Waals surface area contributed by atoms with Gasteiger partial charge in [0.2, 0.25) is 0 Å². The summed E-state index contributed by atoms with van der Waals surface area (Å²) in [5.41, 5.74) is 1.78. The first-order valence-corrected chi connectivity index (χ1v) is 10.2. The summed E-state index contributed by atoms with van der Waals surface area (Å²) in [7, 11) is 0. The third-order valence-electron chi connectivity index (χ3n) is 4.09. The fourth-order valence-electron chi connectivity index (χ4n) is 2.64. The smallest absolute Gasteiger partial charge is 0.251 e. The van der Waals surface area contributed by atoms with E-state index >= 15 is 0 Å². The molecule has 0 fully saturated rings. The Morgan fingerprint density at radius 3 is 2.71 bits per heavy atom. The molecule has 0 aliphatic carbocycles. The van der Waals surface area contributed by atoms with E-state index in [1.54, 1.807) is 35.1 Å². The topological polar surface area (TPSA) is 109 Å². The number of amides is 1. The van der Waals surface area contributed by atoms with Crippen molar-refractivity contribution >= 4 is 34.5 Å². The molecule has 2 aromatic heterocycles. The number of hydrogen-bond donors (Lipinski definition) is 2. The maximum atomic E-state index is 12.2. The number of benzene rings is 1. The Morgan fingerprint density at radius 1 is 1.25 bits per heavy atom. The summed E-state index contributed by atoms with van der Waals surface area (Å²) < 4.78 is 1.77. The predicted molar refractivity (Wildman–Crippen MR) is 109 cm³/mol. The Balaban J connectivity index is 1.70. The summed E-state index contributed by atoms with van der Waals surface area (Å²) in [6.07, 6.45) is 4.68. The van der Waals surface area contributed by atoms with Crippen molar-refractivity contribution in [2.75, 3.05) is 24.7 Å². The number of carbonyl (C=O) groups excluding carboxylic acids is 1. The highest BCUT2D eigenvalue weighted by Crippen LogP contribution is 2.23. The van der Waals surface area contributed by atoms with E-state index in [1.807, 2.05) is 12.3 Å². The second kappa shape index (κ2) is 9.19. The normalized spacial score (nSPS) is 10.6. The third kappa shape index (κ3) is 4.40. The van der Waals surface area contributed by atoms with Gasteiger partial charge in [-0.25, -0.2) is 14.6 Å². The van der Waals surface area contributed by atoms with Crippen molar-refractivity contribution in [3.63, 3.8) is 0 Å². The molecule has 8 nitrogen and oxygen atoms in total. The summed E-state index contributed by atoms with van der Waals surface area (Å²) in [6, 6.07) is 8.57. The van der Waals surface area contributed by atoms with Gasteiger partial charge in [-0.1, -0.05) is 18.7 Å². The fraction of sp³-hybridized carbons (Fsp3) is 0.316. The van der Waals surface area contributed by atoms with Gasteiger partial charge in [-0.3, -0.25) is 4.79 Å². The Kier molecular flexibility index (Phi) is 6.45. The van der Waals surface area contributed by atoms with Crippen LogP contribution in [-0.4, -0.2) is 45.0 Å². The molecule has 0 aliphatic rings. The van der Waals surface area contributed by atoms with E-state index in [4.69, 9.17) is 5.26 Å². The van der Waals surface area contributed by atoms with E-state index in [1.165, 1.54) is 11.8 Å². The molecule has 0 saturated heterocycles. The minimum absolute atomic E-state index is 0.189. The number of thioether (sulfide) groups is 1. The van der Waals surface area contributed by atoms with Gasteiger partial charge in [-0.15, -0.1) is 0 Å². The van der Waals surface area contributed by atoms with Crippen molar-refractivity contribution < 1.29 is 4.79 Å². The molecule has 1 aromatic carbocycles. The van der Waals surface area contributed by atoms with Crippen LogP contribution in [0.3, 0.4) is 0 Å². The number of anilines is 1. The van der Waals surface area contributed by atoms with Crippen LogP contribution in [0, 0.1) is 11.3 Å². The first-order valence-electron chi connectivity index (χ1n) is 8.96. The lowest BCUT2D eigenvalue weighted by Gasteiger charge is -2.09. The number of carbonyl (C=O) groups is 1. The number of nitrogens with zero attached hydrogens (tertiary/aromatic N) is 5. The summed E-state index contributed by atoms with van der Waals surface area (Å²) in [5, 5.41) is 21.0. The zero-order valence-electron chi connectivity index (χ0n) is 15.8. The first-order chi connectivity index (χ1) is 13.7. The Bertz CT molecular complexity index is 1010. The Hall–Kier alpha value is -3.12. The second-order valence-corrected chi connectivity index (χ2v) is 6.81. The maximum Gasteiger partial charge on any atom is 0.251 e. The van der Waals surface area contributed by atoms with E-state index in [-0.39, 0.29) is 5.91 Å². The maximum absolute atomic E-state index is 12.2. The molecule has 0 atom stereocenters. The van der Waals surface area contributed by atoms with Gasteiger partial charge in [0.25, 0.3) is 5.91 Å². The molecule has 144 valence electrons. The minimum Gasteiger partial charge on any atom is -0.369 e. The van der Waals surface area contributed by atoms with E-state index in [9.17, 15) is 4.79 Å². The third-order valence-corrected chi connectivity index (χ3v) is 4.63. The Morgan fingerprint density at radius 2 is 2.04 bits per heavy atom. The van der Waals surface area contributed by atoms with Crippen LogP contribution in [0.25, 0.3) is 11.0 Å². The largest absolute Gasteiger partial charge is 0.369 e. The SMILES string of the molecule is CCCNc1nc(SC)nc2c1cnn2CCNC(=O)c1ccc(C#N)cc1. The van der Waals surface area contributed by atoms with E-state index in [0.29, 0.717) is 29.4 Å². The van der Waals surface area contributed by atoms with E-state index < -0.39 is 0 Å². The van der Waals surface area contributed by atoms with Crippen LogP contribution in [-0.2, 0) is 6.54 Å². The average Bonchev–Trinajstić information content (AvgIpc) is 3.14. The van der Waals surface area contributed by atoms with Crippen molar-refractivity contribution in [3.8, 4) is 6.07 Å². The summed E-state index contributed by atoms with van der Waals surface area (Å²) >= 11 is 1.48. The molecule has 3 aromatic rings. The molecular formula is C19H21N7OS. The molecule has 3 rings (SSSR count). The standard InChI is InChI=1S/C19H21N7OS/c1-3-8-21-16-15-12-23-26(17(15)25-19(24-16)28-2)10-9-22-18(27)14-6-4-13(11-20)5-7-14/h4-7,12H,3,8-10H2,1-2H3,(H,22,27)(H,21,24,25). The number of nitrogens with one attached hydrogen (secondary N) is 2. The van der Waals surface area contributed by atoms with Crippen LogP contribution in [0.1, 0.15) is 29.3 Å². The lowest BCUT2D eigenvalue weighted by Crippen LogP contribution is -2.27. The molecule has 0 unspecified atom stereocenters. The van der Waals surface area contributed by atoms with Crippen molar-refractivity contribution in [2.24, 2.45) is 0 Å². The zero-order valence-corrected chi connectivity index (χ0v) is 16.6. The molecule has 0 aliphatic heterocycles. The molecule has 2 heterocycles. The molecule has 0 saturated carbocycles. The number of fused-ring (bicyclic) bond motifs is 1. The molecular weight excluding hydrogens is 374 g/mol. The second-order valence-electron chi connectivity index (χ2n) is 6.04. The number of nitriles is 1. The lowest BCUT2D eigenvalue weighted by atomic mass is 10.1. The van der Waals surface area contributed by atoms with Crippen molar-refractivity contribution in [1.29, 1.82) is 5.26 Å². The number of aromatic nitrogens is 4. The predicted octanol–water partition coefficient (Wildman–Crippen LogP) is 2.67. The highest BCUT2D eigenvalue weighted by Gasteiger charge is 2.13. The van der Waals surface area contributed by atoms with Gasteiger partial charge in [0.05, 0.1) is 29.8 Å². The highest BCUT2D eigenvalue weighted by atomic mass is 32.2. The molecule has 9 heteroatoms. The molecule has 28 heavy (non-hydrogen) atoms. The van der Waals surface area contributed by atoms with Crippen LogP contribution in [0.5, 0.6) is 0 Å². The highest BCUT2D eigenvalue weighted by molar-refractivity contribution is 7.98. The summed E-state index contributed by atoms with van der Waals surface area (Å²) in [5.74, 6) is 0.592. The van der Waals surface area contributed by atoms with Gasteiger partial charge in [0.1, 0.15) is 5.82 Å². The van der Waals surface area contributed by atoms with Crippen LogP contribution >= 0.6 is 11.8 Å². The molecule has 1 amide bonds. The van der Waals surface area contributed by atoms with E-state index in [0.717, 1.165) is 29.8 Å². The Labute approximate surface area is 167 Å². The lowest BCUT2D eigenvalue weighted by molar-refractivity contribution is 0.0952. The molecule has 0 radical (unpaired) electrons. The minimum atomic E-state index is -0.189. The molecule has 0 spiro atoms. The molecule has 0 bridgehead atoms. The van der Waals surface area contributed by atoms with Gasteiger partial charge in [0, 0.05) is 18.7 Å². The van der Waals surface area contributed by atoms with E-state index in [2.05, 4.69) is 32.6 Å². The van der Waals surface area contributed by atoms with Crippen LogP contribution < -0.4 is 10.6 Å². The van der Waals surface area contributed by atoms with Gasteiger partial charge < -0.3 is 10.6 Å². The first kappa shape index (κ1) is 19.6. The fourth-order valence-corrected chi connectivity index (χ4v) is 3.00.